The first-order chi connectivity index (χ1) is 9.16. The van der Waals surface area contributed by atoms with Gasteiger partial charge in [0.05, 0.1) is 5.02 Å². The molecule has 2 rings (SSSR count). The Kier molecular flexibility index (Phi) is 5.11. The van der Waals surface area contributed by atoms with Crippen molar-refractivity contribution in [2.24, 2.45) is 0 Å². The maximum atomic E-state index is 6.06. The number of rotatable bonds is 5. The van der Waals surface area contributed by atoms with Gasteiger partial charge in [-0.2, -0.15) is 0 Å². The van der Waals surface area contributed by atoms with E-state index in [-0.39, 0.29) is 0 Å². The van der Waals surface area contributed by atoms with Crippen LogP contribution in [-0.2, 0) is 0 Å². The Labute approximate surface area is 126 Å². The first-order valence-corrected chi connectivity index (χ1v) is 7.21. The highest BCUT2D eigenvalue weighted by atomic mass is 79.9. The summed E-state index contributed by atoms with van der Waals surface area (Å²) < 4.78 is 6.71. The van der Waals surface area contributed by atoms with E-state index in [1.54, 1.807) is 0 Å². The monoisotopic (exact) mass is 339 g/mol. The normalized spacial score (nSPS) is 10.3. The second-order valence-electron chi connectivity index (χ2n) is 4.19. The zero-order valence-corrected chi connectivity index (χ0v) is 13.0. The molecule has 0 aliphatic rings. The molecule has 0 radical (unpaired) electrons. The predicted octanol–water partition coefficient (Wildman–Crippen LogP) is 4.90. The van der Waals surface area contributed by atoms with Crippen LogP contribution in [-0.4, -0.2) is 13.2 Å². The average molecular weight is 341 g/mol. The summed E-state index contributed by atoms with van der Waals surface area (Å²) in [5, 5.41) is 3.95. The molecule has 2 aromatic carbocycles. The molecule has 0 fully saturated rings. The number of halogens is 2. The number of aryl methyl sites for hydroxylation is 1. The Hall–Kier alpha value is -1.19. The third-order valence-corrected chi connectivity index (χ3v) is 3.64. The summed E-state index contributed by atoms with van der Waals surface area (Å²) in [5.41, 5.74) is 2.19. The molecule has 2 aromatic rings. The number of benzene rings is 2. The van der Waals surface area contributed by atoms with Crippen LogP contribution in [0.1, 0.15) is 5.56 Å². The SMILES string of the molecule is Cc1ccc(Cl)c(OCCNc2ccccc2Br)c1. The Morgan fingerprint density at radius 1 is 1.21 bits per heavy atom. The number of hydrogen-bond acceptors (Lipinski definition) is 2. The van der Waals surface area contributed by atoms with Gasteiger partial charge in [0.15, 0.2) is 0 Å². The average Bonchev–Trinajstić information content (AvgIpc) is 2.40. The van der Waals surface area contributed by atoms with Gasteiger partial charge in [0.25, 0.3) is 0 Å². The van der Waals surface area contributed by atoms with Crippen LogP contribution < -0.4 is 10.1 Å². The summed E-state index contributed by atoms with van der Waals surface area (Å²) in [7, 11) is 0. The predicted molar refractivity (Wildman–Crippen MR) is 84.3 cm³/mol. The first-order valence-electron chi connectivity index (χ1n) is 6.04. The second-order valence-corrected chi connectivity index (χ2v) is 5.45. The summed E-state index contributed by atoms with van der Waals surface area (Å²) in [6.45, 7) is 3.29. The first kappa shape index (κ1) is 14.2. The smallest absolute Gasteiger partial charge is 0.138 e. The van der Waals surface area contributed by atoms with Crippen LogP contribution in [0.5, 0.6) is 5.75 Å². The summed E-state index contributed by atoms with van der Waals surface area (Å²) in [6, 6.07) is 13.8. The Balaban J connectivity index is 1.84. The summed E-state index contributed by atoms with van der Waals surface area (Å²) in [6.07, 6.45) is 0. The van der Waals surface area contributed by atoms with E-state index in [4.69, 9.17) is 16.3 Å². The molecular formula is C15H15BrClNO. The van der Waals surface area contributed by atoms with E-state index < -0.39 is 0 Å². The van der Waals surface area contributed by atoms with Gasteiger partial charge in [-0.3, -0.25) is 0 Å². The van der Waals surface area contributed by atoms with Gasteiger partial charge in [-0.1, -0.05) is 29.8 Å². The molecule has 0 aliphatic heterocycles. The van der Waals surface area contributed by atoms with E-state index in [2.05, 4.69) is 21.2 Å². The molecule has 4 heteroatoms. The van der Waals surface area contributed by atoms with Crippen LogP contribution in [0, 0.1) is 6.92 Å². The molecule has 0 spiro atoms. The fourth-order valence-electron chi connectivity index (χ4n) is 1.67. The minimum atomic E-state index is 0.560. The van der Waals surface area contributed by atoms with E-state index in [9.17, 15) is 0 Å². The number of nitrogens with one attached hydrogen (secondary N) is 1. The standard InChI is InChI=1S/C15H15BrClNO/c1-11-6-7-13(17)15(10-11)19-9-8-18-14-5-3-2-4-12(14)16/h2-7,10,18H,8-9H2,1H3. The van der Waals surface area contributed by atoms with Crippen molar-refractivity contribution in [1.29, 1.82) is 0 Å². The lowest BCUT2D eigenvalue weighted by Gasteiger charge is -2.11. The van der Waals surface area contributed by atoms with Crippen molar-refractivity contribution in [3.63, 3.8) is 0 Å². The lowest BCUT2D eigenvalue weighted by atomic mass is 10.2. The molecule has 0 heterocycles. The van der Waals surface area contributed by atoms with Crippen LogP contribution in [0.25, 0.3) is 0 Å². The van der Waals surface area contributed by atoms with E-state index >= 15 is 0 Å². The van der Waals surface area contributed by atoms with Crippen molar-refractivity contribution in [2.75, 3.05) is 18.5 Å². The Morgan fingerprint density at radius 3 is 2.79 bits per heavy atom. The molecule has 100 valence electrons. The molecule has 0 bridgehead atoms. The van der Waals surface area contributed by atoms with E-state index in [1.807, 2.05) is 49.4 Å². The number of anilines is 1. The van der Waals surface area contributed by atoms with Gasteiger partial charge in [-0.15, -0.1) is 0 Å². The highest BCUT2D eigenvalue weighted by Crippen LogP contribution is 2.25. The highest BCUT2D eigenvalue weighted by Gasteiger charge is 2.02. The number of hydrogen-bond donors (Lipinski definition) is 1. The highest BCUT2D eigenvalue weighted by molar-refractivity contribution is 9.10. The number of para-hydroxylation sites is 1. The molecule has 0 aromatic heterocycles. The van der Waals surface area contributed by atoms with Crippen molar-refractivity contribution < 1.29 is 4.74 Å². The molecule has 2 nitrogen and oxygen atoms in total. The van der Waals surface area contributed by atoms with Crippen LogP contribution in [0.3, 0.4) is 0 Å². The fraction of sp³-hybridized carbons (Fsp3) is 0.200. The fourth-order valence-corrected chi connectivity index (χ4v) is 2.27. The minimum absolute atomic E-state index is 0.560. The van der Waals surface area contributed by atoms with Crippen molar-refractivity contribution in [3.8, 4) is 5.75 Å². The van der Waals surface area contributed by atoms with Gasteiger partial charge in [0, 0.05) is 16.7 Å². The van der Waals surface area contributed by atoms with E-state index in [1.165, 1.54) is 0 Å². The zero-order chi connectivity index (χ0) is 13.7. The molecular weight excluding hydrogens is 326 g/mol. The molecule has 19 heavy (non-hydrogen) atoms. The lowest BCUT2D eigenvalue weighted by molar-refractivity contribution is 0.333. The zero-order valence-electron chi connectivity index (χ0n) is 10.6. The van der Waals surface area contributed by atoms with Crippen molar-refractivity contribution >= 4 is 33.2 Å². The largest absolute Gasteiger partial charge is 0.490 e. The van der Waals surface area contributed by atoms with Gasteiger partial charge in [0.1, 0.15) is 12.4 Å². The van der Waals surface area contributed by atoms with Crippen LogP contribution in [0.15, 0.2) is 46.9 Å². The molecule has 0 amide bonds. The van der Waals surface area contributed by atoms with Crippen molar-refractivity contribution in [2.45, 2.75) is 6.92 Å². The maximum absolute atomic E-state index is 6.06. The topological polar surface area (TPSA) is 21.3 Å². The summed E-state index contributed by atoms with van der Waals surface area (Å²) >= 11 is 9.55. The van der Waals surface area contributed by atoms with Crippen LogP contribution in [0.4, 0.5) is 5.69 Å². The third-order valence-electron chi connectivity index (χ3n) is 2.64. The molecule has 0 unspecified atom stereocenters. The minimum Gasteiger partial charge on any atom is -0.490 e. The molecule has 0 saturated carbocycles. The van der Waals surface area contributed by atoms with Gasteiger partial charge in [0.2, 0.25) is 0 Å². The van der Waals surface area contributed by atoms with Crippen LogP contribution >= 0.6 is 27.5 Å². The van der Waals surface area contributed by atoms with Gasteiger partial charge in [-0.25, -0.2) is 0 Å². The Morgan fingerprint density at radius 2 is 2.00 bits per heavy atom. The molecule has 0 aliphatic carbocycles. The lowest BCUT2D eigenvalue weighted by Crippen LogP contribution is -2.11. The van der Waals surface area contributed by atoms with E-state index in [0.717, 1.165) is 21.5 Å². The molecule has 0 saturated heterocycles. The van der Waals surface area contributed by atoms with Crippen LogP contribution in [0.2, 0.25) is 5.02 Å². The molecule has 1 N–H and O–H groups in total. The summed E-state index contributed by atoms with van der Waals surface area (Å²) in [4.78, 5) is 0. The van der Waals surface area contributed by atoms with Gasteiger partial charge < -0.3 is 10.1 Å². The second kappa shape index (κ2) is 6.83. The maximum Gasteiger partial charge on any atom is 0.138 e. The number of ether oxygens (including phenoxy) is 1. The quantitative estimate of drug-likeness (QED) is 0.782. The van der Waals surface area contributed by atoms with Crippen molar-refractivity contribution in [1.82, 2.24) is 0 Å². The third kappa shape index (κ3) is 4.15. The van der Waals surface area contributed by atoms with Gasteiger partial charge >= 0.3 is 0 Å². The summed E-state index contributed by atoms with van der Waals surface area (Å²) in [5.74, 6) is 0.732. The van der Waals surface area contributed by atoms with E-state index in [0.29, 0.717) is 18.2 Å². The van der Waals surface area contributed by atoms with Gasteiger partial charge in [-0.05, 0) is 52.7 Å². The Bertz CT molecular complexity index is 560. The molecule has 0 atom stereocenters. The van der Waals surface area contributed by atoms with Crippen molar-refractivity contribution in [3.05, 3.63) is 57.5 Å².